The Hall–Kier alpha value is -1.95. The molecule has 102 valence electrons. The van der Waals surface area contributed by atoms with Crippen LogP contribution in [-0.4, -0.2) is 31.2 Å². The molecule has 0 aromatic carbocycles. The fraction of sp³-hybridized carbons (Fsp3) is 0.462. The van der Waals surface area contributed by atoms with Crippen LogP contribution in [0.1, 0.15) is 20.8 Å². The van der Waals surface area contributed by atoms with Crippen LogP contribution >= 0.6 is 0 Å². The molecule has 0 fully saturated rings. The number of hydrogen-bond acceptors (Lipinski definition) is 4. The predicted octanol–water partition coefficient (Wildman–Crippen LogP) is 0.835. The largest absolute Gasteiger partial charge is 0.350 e. The van der Waals surface area contributed by atoms with Crippen LogP contribution in [0.15, 0.2) is 35.5 Å². The summed E-state index contributed by atoms with van der Waals surface area (Å²) in [5, 5.41) is 7.55. The van der Waals surface area contributed by atoms with E-state index < -0.39 is 0 Å². The molecule has 0 aliphatic carbocycles. The second-order valence-corrected chi connectivity index (χ2v) is 5.60. The summed E-state index contributed by atoms with van der Waals surface area (Å²) in [6.45, 7) is 11.3. The van der Waals surface area contributed by atoms with E-state index in [-0.39, 0.29) is 11.2 Å². The van der Waals surface area contributed by atoms with Crippen LogP contribution in [0.5, 0.6) is 0 Å². The highest BCUT2D eigenvalue weighted by Crippen LogP contribution is 2.01. The van der Waals surface area contributed by atoms with E-state index in [4.69, 9.17) is 0 Å². The first-order valence-electron chi connectivity index (χ1n) is 6.18. The van der Waals surface area contributed by atoms with Gasteiger partial charge >= 0.3 is 5.69 Å². The molecule has 2 aromatic rings. The first-order chi connectivity index (χ1) is 8.87. The van der Waals surface area contributed by atoms with Crippen molar-refractivity contribution in [3.05, 3.63) is 41.2 Å². The van der Waals surface area contributed by atoms with Crippen molar-refractivity contribution in [2.24, 2.45) is 0 Å². The third-order valence-corrected chi connectivity index (χ3v) is 2.63. The van der Waals surface area contributed by atoms with Crippen molar-refractivity contribution in [3.8, 4) is 0 Å². The number of aromatic nitrogens is 4. The Labute approximate surface area is 111 Å². The lowest BCUT2D eigenvalue weighted by molar-refractivity contribution is 0.438. The van der Waals surface area contributed by atoms with Crippen molar-refractivity contribution >= 4 is 5.65 Å². The molecule has 19 heavy (non-hydrogen) atoms. The Morgan fingerprint density at radius 1 is 1.47 bits per heavy atom. The van der Waals surface area contributed by atoms with Gasteiger partial charge in [-0.3, -0.25) is 4.98 Å². The quantitative estimate of drug-likeness (QED) is 0.828. The Kier molecular flexibility index (Phi) is 3.53. The second-order valence-electron chi connectivity index (χ2n) is 5.60. The summed E-state index contributed by atoms with van der Waals surface area (Å²) < 4.78 is 2.88. The predicted molar refractivity (Wildman–Crippen MR) is 74.1 cm³/mol. The third kappa shape index (κ3) is 3.29. The van der Waals surface area contributed by atoms with Crippen molar-refractivity contribution in [1.29, 1.82) is 0 Å². The van der Waals surface area contributed by atoms with Gasteiger partial charge in [0, 0.05) is 24.5 Å². The Morgan fingerprint density at radius 3 is 2.84 bits per heavy atom. The van der Waals surface area contributed by atoms with E-state index in [1.807, 2.05) is 0 Å². The molecule has 0 atom stereocenters. The third-order valence-electron chi connectivity index (χ3n) is 2.63. The van der Waals surface area contributed by atoms with Gasteiger partial charge in [0.15, 0.2) is 5.65 Å². The van der Waals surface area contributed by atoms with Gasteiger partial charge in [-0.05, 0) is 26.3 Å². The molecule has 0 amide bonds. The summed E-state index contributed by atoms with van der Waals surface area (Å²) in [5.41, 5.74) is 1.31. The summed E-state index contributed by atoms with van der Waals surface area (Å²) in [7, 11) is 0. The van der Waals surface area contributed by atoms with Crippen LogP contribution < -0.4 is 11.0 Å². The highest BCUT2D eigenvalue weighted by atomic mass is 16.2. The first-order valence-corrected chi connectivity index (χ1v) is 6.18. The van der Waals surface area contributed by atoms with Crippen LogP contribution in [0, 0.1) is 0 Å². The minimum Gasteiger partial charge on any atom is -0.308 e. The highest BCUT2D eigenvalue weighted by molar-refractivity contribution is 5.31. The van der Waals surface area contributed by atoms with Crippen molar-refractivity contribution in [3.63, 3.8) is 0 Å². The Bertz CT molecular complexity index is 647. The molecule has 0 bridgehead atoms. The van der Waals surface area contributed by atoms with E-state index in [1.54, 1.807) is 18.6 Å². The van der Waals surface area contributed by atoms with Gasteiger partial charge in [0.25, 0.3) is 0 Å². The first kappa shape index (κ1) is 13.5. The molecule has 2 aromatic heterocycles. The molecule has 0 radical (unpaired) electrons. The molecule has 0 aliphatic rings. The molecule has 0 aliphatic heterocycles. The van der Waals surface area contributed by atoms with Gasteiger partial charge in [0.05, 0.1) is 12.7 Å². The van der Waals surface area contributed by atoms with Crippen LogP contribution in [0.25, 0.3) is 5.65 Å². The molecule has 0 spiro atoms. The van der Waals surface area contributed by atoms with Crippen LogP contribution in [-0.2, 0) is 6.54 Å². The fourth-order valence-electron chi connectivity index (χ4n) is 1.64. The zero-order valence-electron chi connectivity index (χ0n) is 11.6. The van der Waals surface area contributed by atoms with E-state index in [1.165, 1.54) is 9.08 Å². The molecular weight excluding hydrogens is 242 g/mol. The number of fused-ring (bicyclic) bond motifs is 1. The van der Waals surface area contributed by atoms with Gasteiger partial charge in [0.2, 0.25) is 0 Å². The standard InChI is InChI=1S/C13H19N5O/c1-10(7-15-13(2,3)4)9-18-12(19)17-6-5-14-8-11(17)16-18/h5-6,8,15H,1,7,9H2,2-4H3. The zero-order valence-corrected chi connectivity index (χ0v) is 11.6. The molecule has 0 saturated heterocycles. The zero-order chi connectivity index (χ0) is 14.0. The number of nitrogens with zero attached hydrogens (tertiary/aromatic N) is 4. The van der Waals surface area contributed by atoms with E-state index in [9.17, 15) is 4.79 Å². The number of nitrogens with one attached hydrogen (secondary N) is 1. The fourth-order valence-corrected chi connectivity index (χ4v) is 1.64. The molecular formula is C13H19N5O. The van der Waals surface area contributed by atoms with Gasteiger partial charge in [-0.1, -0.05) is 6.58 Å². The smallest absolute Gasteiger partial charge is 0.308 e. The molecule has 2 rings (SSSR count). The normalized spacial score (nSPS) is 11.9. The van der Waals surface area contributed by atoms with Gasteiger partial charge in [-0.2, -0.15) is 0 Å². The van der Waals surface area contributed by atoms with Crippen molar-refractivity contribution < 1.29 is 0 Å². The summed E-state index contributed by atoms with van der Waals surface area (Å²) >= 11 is 0. The van der Waals surface area contributed by atoms with Crippen molar-refractivity contribution in [2.75, 3.05) is 6.54 Å². The summed E-state index contributed by atoms with van der Waals surface area (Å²) in [5.74, 6) is 0. The molecule has 0 saturated carbocycles. The highest BCUT2D eigenvalue weighted by Gasteiger charge is 2.11. The average Bonchev–Trinajstić information content (AvgIpc) is 2.64. The van der Waals surface area contributed by atoms with Crippen molar-refractivity contribution in [1.82, 2.24) is 24.5 Å². The molecule has 1 N–H and O–H groups in total. The summed E-state index contributed by atoms with van der Waals surface area (Å²) in [6, 6.07) is 0. The Morgan fingerprint density at radius 2 is 2.21 bits per heavy atom. The maximum atomic E-state index is 12.0. The molecule has 6 heteroatoms. The van der Waals surface area contributed by atoms with Crippen molar-refractivity contribution in [2.45, 2.75) is 32.9 Å². The monoisotopic (exact) mass is 261 g/mol. The lowest BCUT2D eigenvalue weighted by atomic mass is 10.1. The maximum Gasteiger partial charge on any atom is 0.350 e. The minimum atomic E-state index is -0.172. The van der Waals surface area contributed by atoms with E-state index in [0.29, 0.717) is 18.7 Å². The van der Waals surface area contributed by atoms with Gasteiger partial charge in [-0.25, -0.2) is 13.9 Å². The van der Waals surface area contributed by atoms with Crippen LogP contribution in [0.2, 0.25) is 0 Å². The van der Waals surface area contributed by atoms with E-state index >= 15 is 0 Å². The van der Waals surface area contributed by atoms with E-state index in [2.05, 4.69) is 42.7 Å². The lowest BCUT2D eigenvalue weighted by Gasteiger charge is -2.21. The summed E-state index contributed by atoms with van der Waals surface area (Å²) in [4.78, 5) is 16.0. The second kappa shape index (κ2) is 4.97. The van der Waals surface area contributed by atoms with Gasteiger partial charge in [0.1, 0.15) is 0 Å². The minimum absolute atomic E-state index is 0.0245. The topological polar surface area (TPSA) is 64.2 Å². The Balaban J connectivity index is 2.11. The van der Waals surface area contributed by atoms with E-state index in [0.717, 1.165) is 5.57 Å². The molecule has 0 unspecified atom stereocenters. The van der Waals surface area contributed by atoms with Crippen LogP contribution in [0.4, 0.5) is 0 Å². The molecule has 2 heterocycles. The maximum absolute atomic E-state index is 12.0. The molecule has 6 nitrogen and oxygen atoms in total. The lowest BCUT2D eigenvalue weighted by Crippen LogP contribution is -2.37. The van der Waals surface area contributed by atoms with Crippen LogP contribution in [0.3, 0.4) is 0 Å². The van der Waals surface area contributed by atoms with Gasteiger partial charge < -0.3 is 5.32 Å². The summed E-state index contributed by atoms with van der Waals surface area (Å²) in [6.07, 6.45) is 4.74. The average molecular weight is 261 g/mol. The SMILES string of the molecule is C=C(CNC(C)(C)C)Cn1nc2cnccn2c1=O. The van der Waals surface area contributed by atoms with Gasteiger partial charge in [-0.15, -0.1) is 5.10 Å². The number of rotatable bonds is 4. The number of hydrogen-bond donors (Lipinski definition) is 1.